The number of nitrogens with zero attached hydrogens (tertiary/aromatic N) is 3. The first-order valence-electron chi connectivity index (χ1n) is 9.37. The second-order valence-electron chi connectivity index (χ2n) is 6.89. The van der Waals surface area contributed by atoms with Crippen LogP contribution >= 0.6 is 0 Å². The first-order valence-corrected chi connectivity index (χ1v) is 9.37. The van der Waals surface area contributed by atoms with Crippen molar-refractivity contribution in [3.63, 3.8) is 0 Å². The fraction of sp³-hybridized carbons (Fsp3) is 0.333. The average Bonchev–Trinajstić information content (AvgIpc) is 2.74. The zero-order valence-electron chi connectivity index (χ0n) is 15.3. The van der Waals surface area contributed by atoms with Crippen molar-refractivity contribution in [1.82, 2.24) is 15.3 Å². The molecule has 0 bridgehead atoms. The molecule has 0 saturated carbocycles. The summed E-state index contributed by atoms with van der Waals surface area (Å²) >= 11 is 0. The van der Waals surface area contributed by atoms with Gasteiger partial charge in [0.1, 0.15) is 5.82 Å². The van der Waals surface area contributed by atoms with Crippen LogP contribution in [0, 0.1) is 0 Å². The van der Waals surface area contributed by atoms with Gasteiger partial charge in [-0.1, -0.05) is 54.6 Å². The van der Waals surface area contributed by atoms with E-state index >= 15 is 0 Å². The van der Waals surface area contributed by atoms with Crippen molar-refractivity contribution in [2.24, 2.45) is 0 Å². The van der Waals surface area contributed by atoms with Gasteiger partial charge in [0.2, 0.25) is 5.82 Å². The van der Waals surface area contributed by atoms with Gasteiger partial charge in [0.25, 0.3) is 0 Å². The average molecular weight is 386 g/mol. The molecular weight excluding hydrogens is 365 g/mol. The van der Waals surface area contributed by atoms with Crippen molar-refractivity contribution < 1.29 is 13.2 Å². The Bertz CT molecular complexity index is 885. The van der Waals surface area contributed by atoms with Gasteiger partial charge >= 0.3 is 6.18 Å². The molecule has 1 aromatic heterocycles. The van der Waals surface area contributed by atoms with Gasteiger partial charge in [-0.25, -0.2) is 9.97 Å². The highest BCUT2D eigenvalue weighted by molar-refractivity contribution is 5.71. The summed E-state index contributed by atoms with van der Waals surface area (Å²) in [6.07, 6.45) is 4.04. The van der Waals surface area contributed by atoms with Gasteiger partial charge in [-0.3, -0.25) is 0 Å². The van der Waals surface area contributed by atoms with E-state index in [1.165, 1.54) is 0 Å². The summed E-state index contributed by atoms with van der Waals surface area (Å²) in [6, 6.07) is 9.08. The monoisotopic (exact) mass is 386 g/mol. The predicted octanol–water partition coefficient (Wildman–Crippen LogP) is 4.17. The van der Waals surface area contributed by atoms with E-state index in [2.05, 4.69) is 15.3 Å². The second-order valence-corrected chi connectivity index (χ2v) is 6.89. The first-order chi connectivity index (χ1) is 13.5. The molecule has 0 radical (unpaired) electrons. The summed E-state index contributed by atoms with van der Waals surface area (Å²) in [4.78, 5) is 9.99. The van der Waals surface area contributed by atoms with Crippen LogP contribution in [0.3, 0.4) is 0 Å². The van der Waals surface area contributed by atoms with Crippen LogP contribution in [0.4, 0.5) is 19.0 Å². The lowest BCUT2D eigenvalue weighted by Crippen LogP contribution is -2.44. The maximum Gasteiger partial charge on any atom is 0.451 e. The van der Waals surface area contributed by atoms with Crippen LogP contribution in [0.2, 0.25) is 0 Å². The number of nitrogens with one attached hydrogen (secondary N) is 1. The largest absolute Gasteiger partial charge is 0.451 e. The molecule has 1 aliphatic heterocycles. The number of halogens is 3. The lowest BCUT2D eigenvalue weighted by Gasteiger charge is -2.33. The molecule has 4 rings (SSSR count). The third-order valence-corrected chi connectivity index (χ3v) is 4.99. The lowest BCUT2D eigenvalue weighted by molar-refractivity contribution is -0.144. The van der Waals surface area contributed by atoms with Crippen LogP contribution in [0.5, 0.6) is 0 Å². The van der Waals surface area contributed by atoms with Crippen molar-refractivity contribution in [1.29, 1.82) is 0 Å². The number of anilines is 1. The molecule has 1 aromatic carbocycles. The van der Waals surface area contributed by atoms with Crippen LogP contribution < -0.4 is 10.2 Å². The van der Waals surface area contributed by atoms with Gasteiger partial charge in [0, 0.05) is 43.2 Å². The lowest BCUT2D eigenvalue weighted by atomic mass is 9.89. The van der Waals surface area contributed by atoms with Crippen molar-refractivity contribution in [2.45, 2.75) is 18.5 Å². The predicted molar refractivity (Wildman–Crippen MR) is 103 cm³/mol. The quantitative estimate of drug-likeness (QED) is 0.860. The van der Waals surface area contributed by atoms with Crippen molar-refractivity contribution >= 4 is 5.82 Å². The van der Waals surface area contributed by atoms with Crippen LogP contribution in [-0.4, -0.2) is 36.1 Å². The fourth-order valence-corrected chi connectivity index (χ4v) is 3.65. The van der Waals surface area contributed by atoms with E-state index in [4.69, 9.17) is 0 Å². The zero-order valence-corrected chi connectivity index (χ0v) is 15.3. The maximum atomic E-state index is 13.6. The number of benzene rings is 1. The van der Waals surface area contributed by atoms with Crippen molar-refractivity contribution in [3.05, 3.63) is 66.0 Å². The molecule has 4 nitrogen and oxygen atoms in total. The maximum absolute atomic E-state index is 13.6. The number of piperazine rings is 1. The highest BCUT2D eigenvalue weighted by Crippen LogP contribution is 2.40. The second kappa shape index (κ2) is 7.75. The summed E-state index contributed by atoms with van der Waals surface area (Å²) in [7, 11) is 0. The molecule has 1 unspecified atom stereocenters. The molecule has 0 spiro atoms. The third kappa shape index (κ3) is 3.80. The standard InChI is InChI=1S/C21H21F3N4/c22-21(23,24)20-26-18(16-9-5-2-6-10-16)17(15-7-3-1-4-8-15)19(27-20)28-13-11-25-12-14-28/h1-7,9-10,15,25H,8,11-14H2. The van der Waals surface area contributed by atoms with E-state index < -0.39 is 12.0 Å². The van der Waals surface area contributed by atoms with Crippen LogP contribution in [0.1, 0.15) is 23.7 Å². The van der Waals surface area contributed by atoms with Gasteiger partial charge < -0.3 is 10.2 Å². The number of hydrogen-bond acceptors (Lipinski definition) is 4. The van der Waals surface area contributed by atoms with Crippen LogP contribution in [-0.2, 0) is 6.18 Å². The number of allylic oxidation sites excluding steroid dienone is 4. The Morgan fingerprint density at radius 2 is 1.75 bits per heavy atom. The van der Waals surface area contributed by atoms with Crippen molar-refractivity contribution in [2.75, 3.05) is 31.1 Å². The molecule has 1 fully saturated rings. The van der Waals surface area contributed by atoms with E-state index in [9.17, 15) is 13.2 Å². The molecule has 28 heavy (non-hydrogen) atoms. The van der Waals surface area contributed by atoms with E-state index in [0.29, 0.717) is 49.7 Å². The molecule has 1 saturated heterocycles. The Labute approximate surface area is 161 Å². The minimum absolute atomic E-state index is 0.0626. The Kier molecular flexibility index (Phi) is 5.17. The highest BCUT2D eigenvalue weighted by Gasteiger charge is 2.38. The molecule has 0 amide bonds. The van der Waals surface area contributed by atoms with Crippen LogP contribution in [0.15, 0.2) is 54.6 Å². The molecule has 1 N–H and O–H groups in total. The van der Waals surface area contributed by atoms with Crippen LogP contribution in [0.25, 0.3) is 11.3 Å². The van der Waals surface area contributed by atoms with E-state index in [1.807, 2.05) is 47.4 Å². The summed E-state index contributed by atoms with van der Waals surface area (Å²) in [5.74, 6) is -0.751. The summed E-state index contributed by atoms with van der Waals surface area (Å²) < 4.78 is 40.9. The molecule has 2 aliphatic rings. The third-order valence-electron chi connectivity index (χ3n) is 4.99. The van der Waals surface area contributed by atoms with E-state index in [0.717, 1.165) is 5.56 Å². The summed E-state index contributed by atoms with van der Waals surface area (Å²) in [5, 5.41) is 3.24. The minimum atomic E-state index is -4.60. The zero-order chi connectivity index (χ0) is 19.6. The molecule has 1 atom stereocenters. The minimum Gasteiger partial charge on any atom is -0.354 e. The highest BCUT2D eigenvalue weighted by atomic mass is 19.4. The SMILES string of the molecule is FC(F)(F)c1nc(-c2ccccc2)c(C2C=CC=CC2)c(N2CCNCC2)n1. The topological polar surface area (TPSA) is 41.1 Å². The van der Waals surface area contributed by atoms with E-state index in [-0.39, 0.29) is 5.92 Å². The number of aromatic nitrogens is 2. The number of rotatable bonds is 3. The molecule has 2 heterocycles. The van der Waals surface area contributed by atoms with Gasteiger partial charge in [0.05, 0.1) is 5.69 Å². The van der Waals surface area contributed by atoms with Gasteiger partial charge in [-0.15, -0.1) is 0 Å². The van der Waals surface area contributed by atoms with Crippen molar-refractivity contribution in [3.8, 4) is 11.3 Å². The van der Waals surface area contributed by atoms with Gasteiger partial charge in [-0.2, -0.15) is 13.2 Å². The van der Waals surface area contributed by atoms with Gasteiger partial charge in [0.15, 0.2) is 0 Å². The summed E-state index contributed by atoms with van der Waals surface area (Å²) in [5.41, 5.74) is 1.80. The normalized spacial score (nSPS) is 19.8. The molecule has 7 heteroatoms. The van der Waals surface area contributed by atoms with E-state index in [1.54, 1.807) is 12.1 Å². The number of alkyl halides is 3. The number of hydrogen-bond donors (Lipinski definition) is 1. The molecule has 146 valence electrons. The fourth-order valence-electron chi connectivity index (χ4n) is 3.65. The Morgan fingerprint density at radius 3 is 2.39 bits per heavy atom. The Hall–Kier alpha value is -2.67. The smallest absolute Gasteiger partial charge is 0.354 e. The Balaban J connectivity index is 1.95. The summed E-state index contributed by atoms with van der Waals surface area (Å²) in [6.45, 7) is 2.65. The molecule has 1 aliphatic carbocycles. The molecular formula is C21H21F3N4. The molecule has 2 aromatic rings. The Morgan fingerprint density at radius 1 is 1.00 bits per heavy atom. The van der Waals surface area contributed by atoms with Gasteiger partial charge in [-0.05, 0) is 6.42 Å². The first kappa shape index (κ1) is 18.7.